The van der Waals surface area contributed by atoms with E-state index in [2.05, 4.69) is 16.0 Å². The van der Waals surface area contributed by atoms with Crippen LogP contribution in [-0.4, -0.2) is 24.1 Å². The first-order chi connectivity index (χ1) is 9.65. The second-order valence-corrected chi connectivity index (χ2v) is 4.29. The molecule has 0 aliphatic carbocycles. The van der Waals surface area contributed by atoms with Crippen molar-refractivity contribution in [3.05, 3.63) is 41.7 Å². The van der Waals surface area contributed by atoms with E-state index in [0.717, 1.165) is 5.56 Å². The van der Waals surface area contributed by atoms with Gasteiger partial charge in [0.05, 0.1) is 18.7 Å². The van der Waals surface area contributed by atoms with Gasteiger partial charge in [-0.05, 0) is 17.7 Å². The molecule has 6 nitrogen and oxygen atoms in total. The molecule has 0 radical (unpaired) electrons. The van der Waals surface area contributed by atoms with E-state index in [9.17, 15) is 0 Å². The molecule has 0 atom stereocenters. The molecule has 2 N–H and O–H groups in total. The van der Waals surface area contributed by atoms with Crippen molar-refractivity contribution in [1.82, 2.24) is 9.97 Å². The van der Waals surface area contributed by atoms with E-state index in [1.807, 2.05) is 30.1 Å². The summed E-state index contributed by atoms with van der Waals surface area (Å²) in [6.07, 6.45) is 1.41. The van der Waals surface area contributed by atoms with Crippen molar-refractivity contribution in [1.29, 1.82) is 5.26 Å². The van der Waals surface area contributed by atoms with Gasteiger partial charge in [-0.1, -0.05) is 12.1 Å². The van der Waals surface area contributed by atoms with Crippen LogP contribution in [0.5, 0.6) is 5.88 Å². The quantitative estimate of drug-likeness (QED) is 0.906. The lowest BCUT2D eigenvalue weighted by molar-refractivity contribution is 0.399. The highest BCUT2D eigenvalue weighted by molar-refractivity contribution is 5.67. The standard InChI is InChI=1S/C14H15N5O/c1-19(8-11-5-3-4-10(6-11)7-15)13-12(16)14(20-2)18-9-17-13/h3-6,9H,8,16H2,1-2H3. The van der Waals surface area contributed by atoms with Gasteiger partial charge in [-0.3, -0.25) is 0 Å². The monoisotopic (exact) mass is 269 g/mol. The summed E-state index contributed by atoms with van der Waals surface area (Å²) in [5, 5.41) is 8.90. The van der Waals surface area contributed by atoms with Crippen molar-refractivity contribution in [2.75, 3.05) is 24.8 Å². The Labute approximate surface area is 117 Å². The number of ether oxygens (including phenoxy) is 1. The predicted octanol–water partition coefficient (Wildman–Crippen LogP) is 1.58. The van der Waals surface area contributed by atoms with E-state index in [1.165, 1.54) is 13.4 Å². The maximum Gasteiger partial charge on any atom is 0.242 e. The third kappa shape index (κ3) is 2.78. The molecule has 2 aromatic rings. The Morgan fingerprint density at radius 3 is 2.90 bits per heavy atom. The molecule has 0 fully saturated rings. The minimum Gasteiger partial charge on any atom is -0.479 e. The van der Waals surface area contributed by atoms with E-state index in [0.29, 0.717) is 29.5 Å². The highest BCUT2D eigenvalue weighted by atomic mass is 16.5. The highest BCUT2D eigenvalue weighted by Crippen LogP contribution is 2.27. The van der Waals surface area contributed by atoms with Gasteiger partial charge in [0.25, 0.3) is 0 Å². The van der Waals surface area contributed by atoms with Crippen LogP contribution in [0.4, 0.5) is 11.5 Å². The molecule has 0 saturated carbocycles. The number of rotatable bonds is 4. The molecular weight excluding hydrogens is 254 g/mol. The van der Waals surface area contributed by atoms with Gasteiger partial charge in [0, 0.05) is 13.6 Å². The molecule has 1 heterocycles. The van der Waals surface area contributed by atoms with E-state index < -0.39 is 0 Å². The van der Waals surface area contributed by atoms with E-state index in [-0.39, 0.29) is 0 Å². The molecule has 0 amide bonds. The molecule has 1 aromatic heterocycles. The first kappa shape index (κ1) is 13.6. The number of methoxy groups -OCH3 is 1. The molecule has 6 heteroatoms. The number of nitriles is 1. The first-order valence-electron chi connectivity index (χ1n) is 6.00. The lowest BCUT2D eigenvalue weighted by Gasteiger charge is -2.20. The average molecular weight is 269 g/mol. The fourth-order valence-electron chi connectivity index (χ4n) is 1.93. The fourth-order valence-corrected chi connectivity index (χ4v) is 1.93. The summed E-state index contributed by atoms with van der Waals surface area (Å²) in [7, 11) is 3.38. The number of hydrogen-bond donors (Lipinski definition) is 1. The molecule has 1 aromatic carbocycles. The van der Waals surface area contributed by atoms with Crippen LogP contribution in [-0.2, 0) is 6.54 Å². The van der Waals surface area contributed by atoms with Crippen LogP contribution < -0.4 is 15.4 Å². The van der Waals surface area contributed by atoms with Crippen LogP contribution in [0, 0.1) is 11.3 Å². The van der Waals surface area contributed by atoms with Crippen LogP contribution in [0.25, 0.3) is 0 Å². The van der Waals surface area contributed by atoms with Crippen LogP contribution in [0.15, 0.2) is 30.6 Å². The maximum atomic E-state index is 8.90. The normalized spacial score (nSPS) is 9.85. The fraction of sp³-hybridized carbons (Fsp3) is 0.214. The van der Waals surface area contributed by atoms with E-state index >= 15 is 0 Å². The van der Waals surface area contributed by atoms with Crippen molar-refractivity contribution in [3.8, 4) is 11.9 Å². The Bertz CT molecular complexity index is 650. The Balaban J connectivity index is 2.24. The van der Waals surface area contributed by atoms with Crippen LogP contribution in [0.2, 0.25) is 0 Å². The van der Waals surface area contributed by atoms with Crippen molar-refractivity contribution in [3.63, 3.8) is 0 Å². The number of hydrogen-bond acceptors (Lipinski definition) is 6. The summed E-state index contributed by atoms with van der Waals surface area (Å²) in [6, 6.07) is 9.53. The molecule has 20 heavy (non-hydrogen) atoms. The summed E-state index contributed by atoms with van der Waals surface area (Å²) in [6.45, 7) is 0.583. The summed E-state index contributed by atoms with van der Waals surface area (Å²) in [4.78, 5) is 10.0. The number of aromatic nitrogens is 2. The molecule has 0 bridgehead atoms. The molecule has 2 rings (SSSR count). The molecule has 0 aliphatic rings. The molecular formula is C14H15N5O. The van der Waals surface area contributed by atoms with Gasteiger partial charge in [-0.15, -0.1) is 0 Å². The smallest absolute Gasteiger partial charge is 0.242 e. The Morgan fingerprint density at radius 2 is 2.20 bits per heavy atom. The lowest BCUT2D eigenvalue weighted by Crippen LogP contribution is -2.19. The highest BCUT2D eigenvalue weighted by Gasteiger charge is 2.12. The Morgan fingerprint density at radius 1 is 1.40 bits per heavy atom. The zero-order valence-corrected chi connectivity index (χ0v) is 11.4. The topological polar surface area (TPSA) is 88.1 Å². The molecule has 0 spiro atoms. The van der Waals surface area contributed by atoms with Gasteiger partial charge in [0.1, 0.15) is 12.0 Å². The van der Waals surface area contributed by atoms with Crippen molar-refractivity contribution in [2.45, 2.75) is 6.54 Å². The zero-order chi connectivity index (χ0) is 14.5. The van der Waals surface area contributed by atoms with Gasteiger partial charge < -0.3 is 15.4 Å². The number of nitrogens with two attached hydrogens (primary N) is 1. The zero-order valence-electron chi connectivity index (χ0n) is 11.4. The van der Waals surface area contributed by atoms with E-state index in [1.54, 1.807) is 6.07 Å². The summed E-state index contributed by atoms with van der Waals surface area (Å²) >= 11 is 0. The molecule has 0 unspecified atom stereocenters. The third-order valence-corrected chi connectivity index (χ3v) is 2.86. The van der Waals surface area contributed by atoms with Gasteiger partial charge >= 0.3 is 0 Å². The summed E-state index contributed by atoms with van der Waals surface area (Å²) in [5.41, 5.74) is 7.99. The second kappa shape index (κ2) is 5.89. The number of benzene rings is 1. The Kier molecular flexibility index (Phi) is 4.01. The average Bonchev–Trinajstić information content (AvgIpc) is 2.47. The molecule has 0 saturated heterocycles. The minimum atomic E-state index is 0.354. The summed E-state index contributed by atoms with van der Waals surface area (Å²) in [5.74, 6) is 0.951. The minimum absolute atomic E-state index is 0.354. The van der Waals surface area contributed by atoms with Crippen LogP contribution in [0.3, 0.4) is 0 Å². The van der Waals surface area contributed by atoms with Crippen molar-refractivity contribution < 1.29 is 4.74 Å². The second-order valence-electron chi connectivity index (χ2n) is 4.29. The van der Waals surface area contributed by atoms with Gasteiger partial charge in [0.2, 0.25) is 5.88 Å². The predicted molar refractivity (Wildman–Crippen MR) is 76.3 cm³/mol. The first-order valence-corrected chi connectivity index (χ1v) is 6.00. The lowest BCUT2D eigenvalue weighted by atomic mass is 10.1. The summed E-state index contributed by atoms with van der Waals surface area (Å²) < 4.78 is 5.08. The third-order valence-electron chi connectivity index (χ3n) is 2.86. The van der Waals surface area contributed by atoms with Crippen LogP contribution in [0.1, 0.15) is 11.1 Å². The van der Waals surface area contributed by atoms with Crippen molar-refractivity contribution >= 4 is 11.5 Å². The van der Waals surface area contributed by atoms with Gasteiger partial charge in [-0.25, -0.2) is 4.98 Å². The molecule has 0 aliphatic heterocycles. The van der Waals surface area contributed by atoms with Gasteiger partial charge in [0.15, 0.2) is 5.82 Å². The van der Waals surface area contributed by atoms with E-state index in [4.69, 9.17) is 15.7 Å². The van der Waals surface area contributed by atoms with Crippen molar-refractivity contribution in [2.24, 2.45) is 0 Å². The maximum absolute atomic E-state index is 8.90. The number of anilines is 2. The molecule has 102 valence electrons. The Hall–Kier alpha value is -2.81. The largest absolute Gasteiger partial charge is 0.479 e. The van der Waals surface area contributed by atoms with Crippen LogP contribution >= 0.6 is 0 Å². The SMILES string of the molecule is COc1ncnc(N(C)Cc2cccc(C#N)c2)c1N. The van der Waals surface area contributed by atoms with Gasteiger partial charge in [-0.2, -0.15) is 10.2 Å². The number of nitrogens with zero attached hydrogens (tertiary/aromatic N) is 4. The number of nitrogen functional groups attached to an aromatic ring is 1.